The standard InChI is InChI=1S/C34H34N2O8S/c1-7-9-25-29(33(39)43-8-2)30(24-17-21(40-4)11-14-26(24)41-5)36-31(37)28(45-34(36)35-25)18-22-12-15-27(44-22)23-13-10-20(16-19(23)3)32(38)42-6/h10-18,30H,7-9H2,1-6H3/b28-18-/t30-/m0/s1. The van der Waals surface area contributed by atoms with E-state index in [1.807, 2.05) is 19.9 Å². The number of methoxy groups -OCH3 is 3. The van der Waals surface area contributed by atoms with Gasteiger partial charge in [0.05, 0.1) is 49.3 Å². The van der Waals surface area contributed by atoms with Crippen LogP contribution < -0.4 is 24.4 Å². The fraction of sp³-hybridized carbons (Fsp3) is 0.294. The maximum absolute atomic E-state index is 14.2. The monoisotopic (exact) mass is 630 g/mol. The van der Waals surface area contributed by atoms with Gasteiger partial charge in [0.2, 0.25) is 0 Å². The summed E-state index contributed by atoms with van der Waals surface area (Å²) in [5, 5.41) is 0. The zero-order chi connectivity index (χ0) is 32.2. The van der Waals surface area contributed by atoms with Gasteiger partial charge in [-0.1, -0.05) is 30.7 Å². The third-order valence-electron chi connectivity index (χ3n) is 7.44. The third kappa shape index (κ3) is 6.08. The van der Waals surface area contributed by atoms with Crippen molar-refractivity contribution in [1.29, 1.82) is 0 Å². The summed E-state index contributed by atoms with van der Waals surface area (Å²) in [5.74, 6) is 1.11. The van der Waals surface area contributed by atoms with Crippen molar-refractivity contribution in [3.8, 4) is 22.8 Å². The molecule has 4 aromatic rings. The van der Waals surface area contributed by atoms with Crippen LogP contribution in [0.3, 0.4) is 0 Å². The smallest absolute Gasteiger partial charge is 0.338 e. The van der Waals surface area contributed by atoms with Gasteiger partial charge in [-0.25, -0.2) is 14.6 Å². The predicted molar refractivity (Wildman–Crippen MR) is 169 cm³/mol. The van der Waals surface area contributed by atoms with E-state index in [1.54, 1.807) is 62.6 Å². The summed E-state index contributed by atoms with van der Waals surface area (Å²) in [6.07, 6.45) is 2.91. The van der Waals surface area contributed by atoms with Crippen LogP contribution in [0.25, 0.3) is 17.4 Å². The number of furan rings is 1. The van der Waals surface area contributed by atoms with Gasteiger partial charge in [0.1, 0.15) is 29.1 Å². The van der Waals surface area contributed by atoms with Crippen molar-refractivity contribution in [2.75, 3.05) is 27.9 Å². The second-order valence-electron chi connectivity index (χ2n) is 10.2. The lowest BCUT2D eigenvalue weighted by Gasteiger charge is -2.27. The van der Waals surface area contributed by atoms with E-state index in [0.717, 1.165) is 17.5 Å². The van der Waals surface area contributed by atoms with Crippen molar-refractivity contribution in [2.45, 2.75) is 39.7 Å². The quantitative estimate of drug-likeness (QED) is 0.226. The van der Waals surface area contributed by atoms with Crippen LogP contribution in [0.4, 0.5) is 0 Å². The minimum atomic E-state index is -0.864. The lowest BCUT2D eigenvalue weighted by atomic mass is 9.93. The maximum atomic E-state index is 14.2. The molecule has 2 aromatic heterocycles. The summed E-state index contributed by atoms with van der Waals surface area (Å²) in [7, 11) is 4.43. The van der Waals surface area contributed by atoms with E-state index in [2.05, 4.69) is 0 Å². The first kappa shape index (κ1) is 31.5. The Morgan fingerprint density at radius 3 is 2.49 bits per heavy atom. The summed E-state index contributed by atoms with van der Waals surface area (Å²) >= 11 is 1.21. The van der Waals surface area contributed by atoms with Gasteiger partial charge < -0.3 is 23.4 Å². The Morgan fingerprint density at radius 1 is 1.02 bits per heavy atom. The normalized spacial score (nSPS) is 14.5. The van der Waals surface area contributed by atoms with Crippen molar-refractivity contribution in [3.63, 3.8) is 0 Å². The highest BCUT2D eigenvalue weighted by atomic mass is 32.1. The Morgan fingerprint density at radius 2 is 1.82 bits per heavy atom. The summed E-state index contributed by atoms with van der Waals surface area (Å²) in [6, 6.07) is 13.2. The van der Waals surface area contributed by atoms with E-state index in [0.29, 0.717) is 55.6 Å². The molecule has 0 bridgehead atoms. The van der Waals surface area contributed by atoms with Crippen molar-refractivity contribution in [2.24, 2.45) is 4.99 Å². The second-order valence-corrected chi connectivity index (χ2v) is 11.3. The highest BCUT2D eigenvalue weighted by Crippen LogP contribution is 2.39. The molecule has 11 heteroatoms. The highest BCUT2D eigenvalue weighted by Gasteiger charge is 2.36. The first-order valence-corrected chi connectivity index (χ1v) is 15.3. The molecule has 10 nitrogen and oxygen atoms in total. The molecular formula is C34H34N2O8S. The lowest BCUT2D eigenvalue weighted by Crippen LogP contribution is -2.40. The summed E-state index contributed by atoms with van der Waals surface area (Å²) in [4.78, 5) is 44.9. The zero-order valence-electron chi connectivity index (χ0n) is 26.0. The van der Waals surface area contributed by atoms with Gasteiger partial charge in [-0.15, -0.1) is 0 Å². The zero-order valence-corrected chi connectivity index (χ0v) is 26.8. The van der Waals surface area contributed by atoms with Gasteiger partial charge in [0.25, 0.3) is 5.56 Å². The molecule has 3 heterocycles. The average Bonchev–Trinajstić information content (AvgIpc) is 3.63. The SMILES string of the molecule is CCCC1=C(C(=O)OCC)[C@H](c2cc(OC)ccc2OC)n2c(s/c(=C\c3ccc(-c4ccc(C(=O)OC)cc4C)o3)c2=O)=N1. The van der Waals surface area contributed by atoms with E-state index >= 15 is 0 Å². The number of thiazole rings is 1. The van der Waals surface area contributed by atoms with Crippen LogP contribution >= 0.6 is 11.3 Å². The molecule has 0 aliphatic carbocycles. The number of fused-ring (bicyclic) bond motifs is 1. The number of hydrogen-bond donors (Lipinski definition) is 0. The van der Waals surface area contributed by atoms with Crippen LogP contribution in [0.15, 0.2) is 74.0 Å². The predicted octanol–water partition coefficient (Wildman–Crippen LogP) is 4.95. The van der Waals surface area contributed by atoms with Gasteiger partial charge in [-0.05, 0) is 68.3 Å². The maximum Gasteiger partial charge on any atom is 0.338 e. The molecule has 2 aromatic carbocycles. The van der Waals surface area contributed by atoms with Crippen molar-refractivity contribution < 1.29 is 33.0 Å². The number of benzene rings is 2. The van der Waals surface area contributed by atoms with E-state index in [-0.39, 0.29) is 17.7 Å². The minimum Gasteiger partial charge on any atom is -0.497 e. The first-order chi connectivity index (χ1) is 21.7. The van der Waals surface area contributed by atoms with E-state index in [9.17, 15) is 14.4 Å². The fourth-order valence-electron chi connectivity index (χ4n) is 5.36. The Balaban J connectivity index is 1.67. The molecule has 0 saturated carbocycles. The lowest BCUT2D eigenvalue weighted by molar-refractivity contribution is -0.139. The number of allylic oxidation sites excluding steroid dienone is 1. The summed E-state index contributed by atoms with van der Waals surface area (Å²) < 4.78 is 29.5. The molecule has 0 amide bonds. The van der Waals surface area contributed by atoms with Crippen LogP contribution in [-0.2, 0) is 14.3 Å². The molecule has 0 spiro atoms. The largest absolute Gasteiger partial charge is 0.497 e. The Labute approximate surface area is 263 Å². The molecule has 1 aliphatic rings. The van der Waals surface area contributed by atoms with Crippen molar-refractivity contribution >= 4 is 29.4 Å². The number of carbonyl (C=O) groups excluding carboxylic acids is 2. The number of rotatable bonds is 10. The molecule has 1 aliphatic heterocycles. The average molecular weight is 631 g/mol. The topological polar surface area (TPSA) is 119 Å². The van der Waals surface area contributed by atoms with Crippen LogP contribution in [0.1, 0.15) is 60.0 Å². The number of ether oxygens (including phenoxy) is 4. The molecule has 0 saturated heterocycles. The number of aryl methyl sites for hydroxylation is 1. The van der Waals surface area contributed by atoms with Crippen LogP contribution in [0, 0.1) is 6.92 Å². The van der Waals surface area contributed by atoms with Crippen molar-refractivity contribution in [3.05, 3.63) is 102 Å². The second kappa shape index (κ2) is 13.4. The van der Waals surface area contributed by atoms with Gasteiger partial charge in [-0.2, -0.15) is 0 Å². The van der Waals surface area contributed by atoms with Gasteiger partial charge >= 0.3 is 11.9 Å². The number of carbonyl (C=O) groups is 2. The Kier molecular flexibility index (Phi) is 9.38. The number of aromatic nitrogens is 1. The van der Waals surface area contributed by atoms with Crippen LogP contribution in [-0.4, -0.2) is 44.4 Å². The molecule has 0 N–H and O–H groups in total. The van der Waals surface area contributed by atoms with Gasteiger partial charge in [-0.3, -0.25) is 9.36 Å². The van der Waals surface area contributed by atoms with Crippen LogP contribution in [0.5, 0.6) is 11.5 Å². The third-order valence-corrected chi connectivity index (χ3v) is 8.42. The molecule has 5 rings (SSSR count). The first-order valence-electron chi connectivity index (χ1n) is 14.5. The summed E-state index contributed by atoms with van der Waals surface area (Å²) in [5.41, 5.74) is 3.15. The van der Waals surface area contributed by atoms with E-state index in [1.165, 1.54) is 30.1 Å². The summed E-state index contributed by atoms with van der Waals surface area (Å²) in [6.45, 7) is 5.78. The van der Waals surface area contributed by atoms with E-state index in [4.69, 9.17) is 28.4 Å². The van der Waals surface area contributed by atoms with Gasteiger partial charge in [0, 0.05) is 17.2 Å². The minimum absolute atomic E-state index is 0.167. The Bertz CT molecular complexity index is 1980. The highest BCUT2D eigenvalue weighted by molar-refractivity contribution is 7.07. The fourth-order valence-corrected chi connectivity index (χ4v) is 6.36. The van der Waals surface area contributed by atoms with Gasteiger partial charge in [0.15, 0.2) is 4.80 Å². The molecule has 45 heavy (non-hydrogen) atoms. The molecule has 0 unspecified atom stereocenters. The van der Waals surface area contributed by atoms with Crippen molar-refractivity contribution in [1.82, 2.24) is 4.57 Å². The number of nitrogens with zero attached hydrogens (tertiary/aromatic N) is 2. The molecule has 0 radical (unpaired) electrons. The number of esters is 2. The van der Waals surface area contributed by atoms with Crippen LogP contribution in [0.2, 0.25) is 0 Å². The number of hydrogen-bond acceptors (Lipinski definition) is 10. The molecule has 1 atom stereocenters. The molecular weight excluding hydrogens is 596 g/mol. The molecule has 234 valence electrons. The molecule has 0 fully saturated rings. The Hall–Kier alpha value is -4.90. The van der Waals surface area contributed by atoms with E-state index < -0.39 is 18.0 Å².